The second kappa shape index (κ2) is 5.51. The van der Waals surface area contributed by atoms with Crippen LogP contribution in [0.15, 0.2) is 24.3 Å². The van der Waals surface area contributed by atoms with Gasteiger partial charge in [0.25, 0.3) is 5.91 Å². The van der Waals surface area contributed by atoms with E-state index in [1.54, 1.807) is 12.1 Å². The molecule has 1 aromatic rings. The normalized spacial score (nSPS) is 27.8. The van der Waals surface area contributed by atoms with Crippen LogP contribution in [0.4, 0.5) is 4.39 Å². The van der Waals surface area contributed by atoms with Crippen LogP contribution in [0.25, 0.3) is 0 Å². The Balaban J connectivity index is 2.03. The van der Waals surface area contributed by atoms with E-state index in [2.05, 4.69) is 19.2 Å². The van der Waals surface area contributed by atoms with Gasteiger partial charge in [0.15, 0.2) is 0 Å². The SMILES string of the molecule is C[C@H]1[C@H](C)CCC[C@@H]1NC(=O)c1cccc(F)c1. The van der Waals surface area contributed by atoms with Crippen molar-refractivity contribution in [3.05, 3.63) is 35.6 Å². The molecule has 1 aliphatic rings. The van der Waals surface area contributed by atoms with Crippen LogP contribution in [0.5, 0.6) is 0 Å². The Bertz CT molecular complexity index is 432. The van der Waals surface area contributed by atoms with Crippen LogP contribution in [0, 0.1) is 17.7 Å². The maximum atomic E-state index is 13.1. The highest BCUT2D eigenvalue weighted by Gasteiger charge is 2.28. The van der Waals surface area contributed by atoms with Gasteiger partial charge in [0, 0.05) is 11.6 Å². The lowest BCUT2D eigenvalue weighted by Crippen LogP contribution is -2.43. The Morgan fingerprint density at radius 1 is 1.33 bits per heavy atom. The maximum Gasteiger partial charge on any atom is 0.251 e. The lowest BCUT2D eigenvalue weighted by Gasteiger charge is -2.34. The smallest absolute Gasteiger partial charge is 0.251 e. The first-order chi connectivity index (χ1) is 8.58. The first-order valence-electron chi connectivity index (χ1n) is 6.64. The molecule has 1 N–H and O–H groups in total. The second-order valence-corrected chi connectivity index (χ2v) is 5.36. The fourth-order valence-electron chi connectivity index (χ4n) is 2.67. The molecule has 1 aliphatic carbocycles. The minimum Gasteiger partial charge on any atom is -0.349 e. The number of benzene rings is 1. The first-order valence-corrected chi connectivity index (χ1v) is 6.64. The molecule has 1 amide bonds. The Hall–Kier alpha value is -1.38. The summed E-state index contributed by atoms with van der Waals surface area (Å²) in [7, 11) is 0. The standard InChI is InChI=1S/C15H20FNO/c1-10-5-3-8-14(11(10)2)17-15(18)12-6-4-7-13(16)9-12/h4,6-7,9-11,14H,3,5,8H2,1-2H3,(H,17,18)/t10-,11+,14+/m1/s1. The Labute approximate surface area is 108 Å². The van der Waals surface area contributed by atoms with E-state index in [9.17, 15) is 9.18 Å². The molecule has 2 nitrogen and oxygen atoms in total. The lowest BCUT2D eigenvalue weighted by molar-refractivity contribution is 0.0890. The van der Waals surface area contributed by atoms with Gasteiger partial charge in [-0.25, -0.2) is 4.39 Å². The van der Waals surface area contributed by atoms with Crippen LogP contribution < -0.4 is 5.32 Å². The quantitative estimate of drug-likeness (QED) is 0.855. The zero-order valence-electron chi connectivity index (χ0n) is 10.9. The number of hydrogen-bond donors (Lipinski definition) is 1. The Morgan fingerprint density at radius 2 is 2.11 bits per heavy atom. The molecule has 1 aromatic carbocycles. The van der Waals surface area contributed by atoms with Crippen molar-refractivity contribution in [2.75, 3.05) is 0 Å². The van der Waals surface area contributed by atoms with E-state index in [-0.39, 0.29) is 17.8 Å². The van der Waals surface area contributed by atoms with Crippen molar-refractivity contribution in [2.24, 2.45) is 11.8 Å². The van der Waals surface area contributed by atoms with Crippen LogP contribution in [-0.4, -0.2) is 11.9 Å². The van der Waals surface area contributed by atoms with Gasteiger partial charge in [-0.2, -0.15) is 0 Å². The molecule has 98 valence electrons. The monoisotopic (exact) mass is 249 g/mol. The van der Waals surface area contributed by atoms with Gasteiger partial charge >= 0.3 is 0 Å². The topological polar surface area (TPSA) is 29.1 Å². The Morgan fingerprint density at radius 3 is 2.83 bits per heavy atom. The summed E-state index contributed by atoms with van der Waals surface area (Å²) in [5.74, 6) is 0.584. The molecule has 1 saturated carbocycles. The van der Waals surface area contributed by atoms with Crippen molar-refractivity contribution in [1.82, 2.24) is 5.32 Å². The van der Waals surface area contributed by atoms with Crippen molar-refractivity contribution < 1.29 is 9.18 Å². The summed E-state index contributed by atoms with van der Waals surface area (Å²) < 4.78 is 13.1. The molecule has 0 aromatic heterocycles. The molecule has 0 unspecified atom stereocenters. The van der Waals surface area contributed by atoms with Crippen LogP contribution in [0.2, 0.25) is 0 Å². The van der Waals surface area contributed by atoms with Gasteiger partial charge in [-0.05, 0) is 36.5 Å². The molecule has 1 fully saturated rings. The number of hydrogen-bond acceptors (Lipinski definition) is 1. The Kier molecular flexibility index (Phi) is 4.00. The molecule has 3 heteroatoms. The van der Waals surface area contributed by atoms with Gasteiger partial charge < -0.3 is 5.32 Å². The number of rotatable bonds is 2. The lowest BCUT2D eigenvalue weighted by atomic mass is 9.78. The number of halogens is 1. The third-order valence-corrected chi connectivity index (χ3v) is 4.11. The molecule has 3 atom stereocenters. The molecular weight excluding hydrogens is 229 g/mol. The first kappa shape index (κ1) is 13.1. The molecule has 0 radical (unpaired) electrons. The van der Waals surface area contributed by atoms with Crippen molar-refractivity contribution >= 4 is 5.91 Å². The van der Waals surface area contributed by atoms with E-state index in [1.165, 1.54) is 18.6 Å². The van der Waals surface area contributed by atoms with Gasteiger partial charge in [-0.15, -0.1) is 0 Å². The molecule has 0 spiro atoms. The summed E-state index contributed by atoms with van der Waals surface area (Å²) in [5.41, 5.74) is 0.403. The van der Waals surface area contributed by atoms with Gasteiger partial charge in [0.05, 0.1) is 0 Å². The third kappa shape index (κ3) is 2.89. The molecule has 0 bridgehead atoms. The number of amides is 1. The fraction of sp³-hybridized carbons (Fsp3) is 0.533. The maximum absolute atomic E-state index is 13.1. The van der Waals surface area contributed by atoms with Crippen LogP contribution >= 0.6 is 0 Å². The summed E-state index contributed by atoms with van der Waals surface area (Å²) in [4.78, 5) is 12.0. The highest BCUT2D eigenvalue weighted by atomic mass is 19.1. The predicted octanol–water partition coefficient (Wildman–Crippen LogP) is 3.38. The van der Waals surface area contributed by atoms with E-state index in [4.69, 9.17) is 0 Å². The van der Waals surface area contributed by atoms with Crippen molar-refractivity contribution in [3.63, 3.8) is 0 Å². The van der Waals surface area contributed by atoms with Crippen LogP contribution in [0.3, 0.4) is 0 Å². The van der Waals surface area contributed by atoms with E-state index < -0.39 is 0 Å². The molecule has 0 heterocycles. The highest BCUT2D eigenvalue weighted by Crippen LogP contribution is 2.29. The largest absolute Gasteiger partial charge is 0.349 e. The van der Waals surface area contributed by atoms with Gasteiger partial charge in [0.2, 0.25) is 0 Å². The molecular formula is C15H20FNO. The van der Waals surface area contributed by atoms with Crippen molar-refractivity contribution in [1.29, 1.82) is 0 Å². The minimum atomic E-state index is -0.368. The van der Waals surface area contributed by atoms with E-state index in [0.717, 1.165) is 12.8 Å². The van der Waals surface area contributed by atoms with E-state index in [1.807, 2.05) is 0 Å². The van der Waals surface area contributed by atoms with Crippen molar-refractivity contribution in [3.8, 4) is 0 Å². The van der Waals surface area contributed by atoms with Crippen molar-refractivity contribution in [2.45, 2.75) is 39.2 Å². The van der Waals surface area contributed by atoms with Crippen LogP contribution in [-0.2, 0) is 0 Å². The molecule has 0 saturated heterocycles. The third-order valence-electron chi connectivity index (χ3n) is 4.11. The average Bonchev–Trinajstić information content (AvgIpc) is 2.35. The summed E-state index contributed by atoms with van der Waals surface area (Å²) >= 11 is 0. The molecule has 18 heavy (non-hydrogen) atoms. The average molecular weight is 249 g/mol. The molecule has 0 aliphatic heterocycles. The van der Waals surface area contributed by atoms with Gasteiger partial charge in [-0.3, -0.25) is 4.79 Å². The fourth-order valence-corrected chi connectivity index (χ4v) is 2.67. The zero-order valence-corrected chi connectivity index (χ0v) is 10.9. The number of nitrogens with one attached hydrogen (secondary N) is 1. The number of carbonyl (C=O) groups is 1. The number of carbonyl (C=O) groups excluding carboxylic acids is 1. The predicted molar refractivity (Wildman–Crippen MR) is 69.8 cm³/mol. The van der Waals surface area contributed by atoms with Crippen LogP contribution in [0.1, 0.15) is 43.5 Å². The summed E-state index contributed by atoms with van der Waals surface area (Å²) in [6.45, 7) is 4.41. The summed E-state index contributed by atoms with van der Waals surface area (Å²) in [5, 5.41) is 3.04. The highest BCUT2D eigenvalue weighted by molar-refractivity contribution is 5.94. The molecule has 2 rings (SSSR count). The van der Waals surface area contributed by atoms with E-state index >= 15 is 0 Å². The van der Waals surface area contributed by atoms with E-state index in [0.29, 0.717) is 17.4 Å². The van der Waals surface area contributed by atoms with Gasteiger partial charge in [0.1, 0.15) is 5.82 Å². The van der Waals surface area contributed by atoms with Gasteiger partial charge in [-0.1, -0.05) is 32.8 Å². The minimum absolute atomic E-state index is 0.166. The summed E-state index contributed by atoms with van der Waals surface area (Å²) in [6, 6.07) is 6.06. The summed E-state index contributed by atoms with van der Waals surface area (Å²) in [6.07, 6.45) is 3.40. The second-order valence-electron chi connectivity index (χ2n) is 5.36. The zero-order chi connectivity index (χ0) is 13.1.